The summed E-state index contributed by atoms with van der Waals surface area (Å²) in [7, 11) is 0. The van der Waals surface area contributed by atoms with E-state index in [0.29, 0.717) is 0 Å². The van der Waals surface area contributed by atoms with Crippen LogP contribution in [0.2, 0.25) is 0 Å². The fourth-order valence-corrected chi connectivity index (χ4v) is 0.808. The summed E-state index contributed by atoms with van der Waals surface area (Å²) >= 11 is 15.1. The van der Waals surface area contributed by atoms with Crippen molar-refractivity contribution in [3.05, 3.63) is 0 Å². The lowest BCUT2D eigenvalue weighted by Crippen LogP contribution is -1.94. The summed E-state index contributed by atoms with van der Waals surface area (Å²) in [5.41, 5.74) is -1.42. The lowest BCUT2D eigenvalue weighted by molar-refractivity contribution is 0.430. The Balaban J connectivity index is 2.95. The Morgan fingerprint density at radius 1 is 1.29 bits per heavy atom. The number of halogens is 4. The molecule has 0 saturated heterocycles. The molecule has 0 amide bonds. The highest BCUT2D eigenvalue weighted by Crippen LogP contribution is 2.14. The highest BCUT2D eigenvalue weighted by Gasteiger charge is 2.05. The molecule has 0 bridgehead atoms. The van der Waals surface area contributed by atoms with E-state index >= 15 is 0 Å². The molecule has 0 rings (SSSR count). The summed E-state index contributed by atoms with van der Waals surface area (Å²) in [5, 5.41) is 0. The zero-order valence-corrected chi connectivity index (χ0v) is 5.64. The van der Waals surface area contributed by atoms with E-state index in [-0.39, 0.29) is 6.42 Å². The van der Waals surface area contributed by atoms with Gasteiger partial charge in [-0.2, -0.15) is 0 Å². The molecule has 0 radical (unpaired) electrons. The van der Waals surface area contributed by atoms with Gasteiger partial charge in [0, 0.05) is 6.42 Å². The van der Waals surface area contributed by atoms with Crippen molar-refractivity contribution in [2.75, 3.05) is 0 Å². The van der Waals surface area contributed by atoms with Crippen molar-refractivity contribution in [3.8, 4) is 0 Å². The first-order valence-electron chi connectivity index (χ1n) is 1.69. The van der Waals surface area contributed by atoms with Gasteiger partial charge in [0.1, 0.15) is 4.84 Å². The van der Waals surface area contributed by atoms with E-state index in [1.807, 2.05) is 0 Å². The number of alkyl halides is 4. The SMILES string of the molecule is FC(Cl)CC(Cl)Cl. The normalized spacial score (nSPS) is 15.0. The first-order chi connectivity index (χ1) is 3.13. The van der Waals surface area contributed by atoms with Crippen LogP contribution >= 0.6 is 34.8 Å². The van der Waals surface area contributed by atoms with Gasteiger partial charge in [-0.3, -0.25) is 0 Å². The Bertz CT molecular complexity index is 39.4. The molecule has 0 heterocycles. The number of rotatable bonds is 2. The molecule has 1 atom stereocenters. The summed E-state index contributed by atoms with van der Waals surface area (Å²) in [4.78, 5) is -0.687. The van der Waals surface area contributed by atoms with E-state index in [2.05, 4.69) is 0 Å². The maximum absolute atomic E-state index is 11.5. The Hall–Kier alpha value is 0.800. The molecule has 44 valence electrons. The molecule has 0 aliphatic carbocycles. The van der Waals surface area contributed by atoms with Gasteiger partial charge in [0.05, 0.1) is 0 Å². The number of hydrogen-bond acceptors (Lipinski definition) is 0. The monoisotopic (exact) mass is 164 g/mol. The predicted molar refractivity (Wildman–Crippen MR) is 30.9 cm³/mol. The molecule has 0 saturated carbocycles. The van der Waals surface area contributed by atoms with E-state index in [1.165, 1.54) is 0 Å². The minimum atomic E-state index is -1.42. The van der Waals surface area contributed by atoms with Crippen molar-refractivity contribution in [2.45, 2.75) is 16.9 Å². The second kappa shape index (κ2) is 3.76. The summed E-state index contributed by atoms with van der Waals surface area (Å²) in [6.45, 7) is 0. The lowest BCUT2D eigenvalue weighted by Gasteiger charge is -1.96. The molecule has 0 aromatic rings. The molecule has 4 heteroatoms. The van der Waals surface area contributed by atoms with Crippen LogP contribution in [0.25, 0.3) is 0 Å². The molecular formula is C3H4Cl3F. The largest absolute Gasteiger partial charge is 0.230 e. The molecule has 0 aliphatic heterocycles. The molecule has 0 aromatic heterocycles. The maximum Gasteiger partial charge on any atom is 0.176 e. The number of hydrogen-bond donors (Lipinski definition) is 0. The smallest absolute Gasteiger partial charge is 0.176 e. The van der Waals surface area contributed by atoms with Crippen LogP contribution in [0.5, 0.6) is 0 Å². The van der Waals surface area contributed by atoms with Crippen molar-refractivity contribution in [1.82, 2.24) is 0 Å². The van der Waals surface area contributed by atoms with E-state index in [9.17, 15) is 4.39 Å². The average Bonchev–Trinajstić information content (AvgIpc) is 1.27. The second-order valence-corrected chi connectivity index (χ2v) is 2.77. The molecular weight excluding hydrogens is 161 g/mol. The van der Waals surface area contributed by atoms with Crippen LogP contribution in [0.1, 0.15) is 6.42 Å². The van der Waals surface area contributed by atoms with E-state index < -0.39 is 10.5 Å². The Kier molecular flexibility index (Phi) is 4.19. The quantitative estimate of drug-likeness (QED) is 0.552. The highest BCUT2D eigenvalue weighted by atomic mass is 35.5. The summed E-state index contributed by atoms with van der Waals surface area (Å²) in [5.74, 6) is 0. The first-order valence-corrected chi connectivity index (χ1v) is 3.00. The predicted octanol–water partition coefficient (Wildman–Crippen LogP) is 2.71. The molecule has 0 spiro atoms. The molecule has 0 N–H and O–H groups in total. The van der Waals surface area contributed by atoms with Crippen molar-refractivity contribution < 1.29 is 4.39 Å². The van der Waals surface area contributed by atoms with Gasteiger partial charge in [0.2, 0.25) is 0 Å². The van der Waals surface area contributed by atoms with Gasteiger partial charge in [-0.15, -0.1) is 23.2 Å². The van der Waals surface area contributed by atoms with Crippen molar-refractivity contribution in [3.63, 3.8) is 0 Å². The van der Waals surface area contributed by atoms with Crippen molar-refractivity contribution in [1.29, 1.82) is 0 Å². The Morgan fingerprint density at radius 3 is 1.71 bits per heavy atom. The Labute approximate surface area is 56.5 Å². The van der Waals surface area contributed by atoms with Crippen LogP contribution in [-0.4, -0.2) is 10.5 Å². The lowest BCUT2D eigenvalue weighted by atomic mass is 10.5. The summed E-state index contributed by atoms with van der Waals surface area (Å²) in [6.07, 6.45) is -0.00926. The van der Waals surface area contributed by atoms with Crippen LogP contribution in [0.3, 0.4) is 0 Å². The van der Waals surface area contributed by atoms with Gasteiger partial charge in [-0.1, -0.05) is 11.6 Å². The third-order valence-corrected chi connectivity index (χ3v) is 0.891. The van der Waals surface area contributed by atoms with Crippen LogP contribution < -0.4 is 0 Å². The molecule has 0 nitrogen and oxygen atoms in total. The first kappa shape index (κ1) is 7.80. The van der Waals surface area contributed by atoms with E-state index in [1.54, 1.807) is 0 Å². The molecule has 0 aromatic carbocycles. The van der Waals surface area contributed by atoms with Gasteiger partial charge in [0.15, 0.2) is 5.63 Å². The molecule has 7 heavy (non-hydrogen) atoms. The van der Waals surface area contributed by atoms with Gasteiger partial charge in [0.25, 0.3) is 0 Å². The van der Waals surface area contributed by atoms with Gasteiger partial charge < -0.3 is 0 Å². The minimum Gasteiger partial charge on any atom is -0.230 e. The van der Waals surface area contributed by atoms with Gasteiger partial charge in [-0.05, 0) is 0 Å². The fraction of sp³-hybridized carbons (Fsp3) is 1.00. The van der Waals surface area contributed by atoms with Gasteiger partial charge >= 0.3 is 0 Å². The van der Waals surface area contributed by atoms with E-state index in [0.717, 1.165) is 0 Å². The van der Waals surface area contributed by atoms with Crippen molar-refractivity contribution >= 4 is 34.8 Å². The van der Waals surface area contributed by atoms with Crippen LogP contribution in [0.4, 0.5) is 4.39 Å². The summed E-state index contributed by atoms with van der Waals surface area (Å²) in [6, 6.07) is 0. The topological polar surface area (TPSA) is 0 Å². The zero-order chi connectivity index (χ0) is 5.86. The maximum atomic E-state index is 11.5. The third-order valence-electron chi connectivity index (χ3n) is 0.356. The summed E-state index contributed by atoms with van der Waals surface area (Å²) < 4.78 is 11.5. The fourth-order valence-electron chi connectivity index (χ4n) is 0.135. The second-order valence-electron chi connectivity index (χ2n) is 1.02. The molecule has 0 aliphatic rings. The van der Waals surface area contributed by atoms with Crippen LogP contribution in [0, 0.1) is 0 Å². The average molecular weight is 165 g/mol. The zero-order valence-electron chi connectivity index (χ0n) is 3.37. The Morgan fingerprint density at radius 2 is 1.71 bits per heavy atom. The standard InChI is InChI=1S/C3H4Cl3F/c4-2(5)1-3(6)7/h2-3H,1H2. The van der Waals surface area contributed by atoms with Gasteiger partial charge in [-0.25, -0.2) is 4.39 Å². The molecule has 1 unspecified atom stereocenters. The van der Waals surface area contributed by atoms with Crippen LogP contribution in [-0.2, 0) is 0 Å². The molecule has 0 fully saturated rings. The van der Waals surface area contributed by atoms with Crippen LogP contribution in [0.15, 0.2) is 0 Å². The van der Waals surface area contributed by atoms with Crippen molar-refractivity contribution in [2.24, 2.45) is 0 Å². The highest BCUT2D eigenvalue weighted by molar-refractivity contribution is 6.44. The minimum absolute atomic E-state index is 0.00926. The van der Waals surface area contributed by atoms with E-state index in [4.69, 9.17) is 34.8 Å². The third kappa shape index (κ3) is 6.80.